The van der Waals surface area contributed by atoms with Crippen LogP contribution in [0.15, 0.2) is 47.5 Å². The van der Waals surface area contributed by atoms with E-state index >= 15 is 0 Å². The summed E-state index contributed by atoms with van der Waals surface area (Å²) in [7, 11) is -4.98. The highest BCUT2D eigenvalue weighted by Crippen LogP contribution is 2.25. The van der Waals surface area contributed by atoms with Gasteiger partial charge in [0.15, 0.2) is 10.8 Å². The van der Waals surface area contributed by atoms with E-state index in [0.29, 0.717) is 5.56 Å². The number of benzene rings is 1. The second-order valence-corrected chi connectivity index (χ2v) is 12.4. The Bertz CT molecular complexity index is 1760. The van der Waals surface area contributed by atoms with Gasteiger partial charge >= 0.3 is 16.3 Å². The second kappa shape index (κ2) is 14.1. The third-order valence-electron chi connectivity index (χ3n) is 7.02. The van der Waals surface area contributed by atoms with Crippen LogP contribution >= 0.6 is 11.3 Å². The van der Waals surface area contributed by atoms with Crippen molar-refractivity contribution in [2.75, 3.05) is 25.4 Å². The highest BCUT2D eigenvalue weighted by Gasteiger charge is 2.54. The number of thiazole rings is 1. The van der Waals surface area contributed by atoms with E-state index in [4.69, 9.17) is 20.7 Å². The molecule has 47 heavy (non-hydrogen) atoms. The van der Waals surface area contributed by atoms with Crippen molar-refractivity contribution in [2.45, 2.75) is 37.2 Å². The summed E-state index contributed by atoms with van der Waals surface area (Å²) in [6.45, 7) is 0.829. The predicted molar refractivity (Wildman–Crippen MR) is 163 cm³/mol. The molecular weight excluding hydrogens is 662 g/mol. The fourth-order valence-electron chi connectivity index (χ4n) is 4.69. The molecule has 4 heterocycles. The number of aromatic nitrogens is 4. The van der Waals surface area contributed by atoms with Crippen molar-refractivity contribution in [3.8, 4) is 5.75 Å². The lowest BCUT2D eigenvalue weighted by Gasteiger charge is -2.43. The smallest absolute Gasteiger partial charge is 0.362 e. The zero-order chi connectivity index (χ0) is 33.7. The molecule has 20 nitrogen and oxygen atoms in total. The van der Waals surface area contributed by atoms with E-state index in [1.807, 2.05) is 0 Å². The topological polar surface area (TPSA) is 289 Å². The molecule has 0 saturated carbocycles. The number of hydrogen-bond acceptors (Lipinski definition) is 15. The van der Waals surface area contributed by atoms with Gasteiger partial charge in [0, 0.05) is 23.5 Å². The molecule has 8 N–H and O–H groups in total. The lowest BCUT2D eigenvalue weighted by atomic mass is 9.98. The number of nitrogens with two attached hydrogens (primary N) is 1. The molecule has 5 rings (SSSR count). The van der Waals surface area contributed by atoms with Crippen LogP contribution in [0.25, 0.3) is 0 Å². The van der Waals surface area contributed by atoms with E-state index < -0.39 is 58.6 Å². The quantitative estimate of drug-likeness (QED) is 0.0318. The average Bonchev–Trinajstić information content (AvgIpc) is 3.81. The number of β-lactam (4-membered cyclic amide) rings is 1. The number of nitrogens with zero attached hydrogens (tertiary/aromatic N) is 6. The first-order chi connectivity index (χ1) is 22.4. The molecule has 3 aromatic rings. The van der Waals surface area contributed by atoms with E-state index in [1.165, 1.54) is 16.4 Å². The van der Waals surface area contributed by atoms with Crippen LogP contribution in [-0.2, 0) is 36.1 Å². The molecular formula is C25H29N11O9S2. The fraction of sp³-hybridized carbons (Fsp3) is 0.360. The van der Waals surface area contributed by atoms with Crippen LogP contribution < -0.4 is 26.4 Å². The number of oxime groups is 1. The van der Waals surface area contributed by atoms with Crippen molar-refractivity contribution in [3.05, 3.63) is 53.6 Å². The van der Waals surface area contributed by atoms with Gasteiger partial charge in [-0.15, -0.1) is 11.3 Å². The Hall–Kier alpha value is -5.19. The summed E-state index contributed by atoms with van der Waals surface area (Å²) < 4.78 is 40.1. The number of carbonyl (C=O) groups excluding carboxylic acids is 2. The number of carboxylic acid groups (broad SMARTS) is 1. The first kappa shape index (κ1) is 33.2. The Morgan fingerprint density at radius 3 is 2.64 bits per heavy atom. The van der Waals surface area contributed by atoms with Crippen molar-refractivity contribution in [2.24, 2.45) is 5.16 Å². The third-order valence-corrected chi connectivity index (χ3v) is 8.65. The number of amides is 2. The molecule has 0 aliphatic carbocycles. The number of aliphatic carboxylic acids is 1. The van der Waals surface area contributed by atoms with Crippen molar-refractivity contribution in [1.29, 1.82) is 5.41 Å². The number of nitrogen functional groups attached to an aromatic ring is 1. The van der Waals surface area contributed by atoms with Gasteiger partial charge < -0.3 is 36.4 Å². The average molecular weight is 692 g/mol. The molecule has 2 amide bonds. The van der Waals surface area contributed by atoms with Crippen LogP contribution in [0.5, 0.6) is 5.75 Å². The molecule has 22 heteroatoms. The van der Waals surface area contributed by atoms with Gasteiger partial charge in [0.25, 0.3) is 17.9 Å². The minimum atomic E-state index is -4.98. The Morgan fingerprint density at radius 1 is 1.28 bits per heavy atom. The van der Waals surface area contributed by atoms with Gasteiger partial charge in [-0.3, -0.25) is 24.2 Å². The zero-order valence-electron chi connectivity index (χ0n) is 24.2. The van der Waals surface area contributed by atoms with Crippen LogP contribution in [0.1, 0.15) is 17.7 Å². The number of amidine groups is 1. The maximum absolute atomic E-state index is 13.3. The van der Waals surface area contributed by atoms with E-state index in [2.05, 4.69) is 36.2 Å². The maximum atomic E-state index is 13.3. The zero-order valence-corrected chi connectivity index (χ0v) is 25.8. The maximum Gasteiger partial charge on any atom is 0.362 e. The molecule has 1 unspecified atom stereocenters. The highest BCUT2D eigenvalue weighted by molar-refractivity contribution is 7.84. The van der Waals surface area contributed by atoms with Gasteiger partial charge in [0.2, 0.25) is 0 Å². The minimum absolute atomic E-state index is 0.0339. The van der Waals surface area contributed by atoms with Crippen LogP contribution in [0.2, 0.25) is 0 Å². The molecule has 2 saturated heterocycles. The SMILES string of the molecule is N=C(N[C@@H]1CCNC1)c1ccc(OCC(O/N=C(\C(=O)N[C@@H]2C(=O)N(S(=O)(=O)O)[C@@H]2Cn2cncn2)c2csc(N)n2)C(=O)O)cc1. The van der Waals surface area contributed by atoms with Gasteiger partial charge in [0.05, 0.1) is 12.6 Å². The Labute approximate surface area is 270 Å². The summed E-state index contributed by atoms with van der Waals surface area (Å²) in [5, 5.41) is 35.6. The monoisotopic (exact) mass is 691 g/mol. The van der Waals surface area contributed by atoms with Crippen LogP contribution in [0.3, 0.4) is 0 Å². The summed E-state index contributed by atoms with van der Waals surface area (Å²) in [6.07, 6.45) is 1.58. The first-order valence-corrected chi connectivity index (χ1v) is 16.1. The molecule has 0 bridgehead atoms. The summed E-state index contributed by atoms with van der Waals surface area (Å²) in [6, 6.07) is 3.77. The normalized spacial score (nSPS) is 20.3. The molecule has 0 spiro atoms. The Morgan fingerprint density at radius 2 is 2.04 bits per heavy atom. The number of nitrogens with one attached hydrogen (secondary N) is 4. The van der Waals surface area contributed by atoms with E-state index in [-0.39, 0.29) is 39.3 Å². The highest BCUT2D eigenvalue weighted by atomic mass is 32.2. The van der Waals surface area contributed by atoms with Crippen LogP contribution in [-0.4, -0.2) is 115 Å². The molecule has 2 fully saturated rings. The van der Waals surface area contributed by atoms with Crippen LogP contribution in [0.4, 0.5) is 5.13 Å². The molecule has 2 aliphatic heterocycles. The molecule has 2 aromatic heterocycles. The number of hydrogen-bond donors (Lipinski definition) is 7. The van der Waals surface area contributed by atoms with Crippen molar-refractivity contribution < 1.29 is 42.0 Å². The summed E-state index contributed by atoms with van der Waals surface area (Å²) in [5.74, 6) is -3.20. The Balaban J connectivity index is 1.27. The van der Waals surface area contributed by atoms with Gasteiger partial charge in [-0.25, -0.2) is 19.1 Å². The van der Waals surface area contributed by atoms with Gasteiger partial charge in [-0.2, -0.15) is 13.5 Å². The van der Waals surface area contributed by atoms with E-state index in [1.54, 1.807) is 24.3 Å². The standard InChI is InChI=1S/C25H29N11O9S2/c26-21(31-14-5-6-28-7-14)13-1-3-15(4-2-13)44-9-18(24(39)40)45-34-19(16-10-46-25(27)32-16)22(37)33-20-17(8-35-12-29-11-30-35)36(23(20)38)47(41,42)43/h1-4,10-12,14,17-18,20,28H,5-9H2,(H2,26,31)(H2,27,32)(H,33,37)(H,39,40)(H,41,42,43)/b34-19-/t14-,17-,18?,20+/m1/s1. The lowest BCUT2D eigenvalue weighted by Crippen LogP contribution is -2.73. The summed E-state index contributed by atoms with van der Waals surface area (Å²) in [4.78, 5) is 50.9. The molecule has 4 atom stereocenters. The molecule has 2 aliphatic rings. The number of ether oxygens (including phenoxy) is 1. The van der Waals surface area contributed by atoms with Crippen molar-refractivity contribution >= 4 is 56.1 Å². The minimum Gasteiger partial charge on any atom is -0.489 e. The number of anilines is 1. The largest absolute Gasteiger partial charge is 0.489 e. The van der Waals surface area contributed by atoms with E-state index in [0.717, 1.165) is 37.2 Å². The third kappa shape index (κ3) is 7.97. The lowest BCUT2D eigenvalue weighted by molar-refractivity contribution is -0.152. The Kier molecular flexibility index (Phi) is 9.93. The number of carbonyl (C=O) groups is 3. The second-order valence-electron chi connectivity index (χ2n) is 10.2. The molecule has 0 radical (unpaired) electrons. The number of rotatable bonds is 14. The predicted octanol–water partition coefficient (Wildman–Crippen LogP) is -1.95. The van der Waals surface area contributed by atoms with Crippen LogP contribution in [0, 0.1) is 5.41 Å². The summed E-state index contributed by atoms with van der Waals surface area (Å²) in [5.41, 5.74) is 5.61. The number of carboxylic acids is 1. The van der Waals surface area contributed by atoms with E-state index in [9.17, 15) is 32.5 Å². The molecule has 250 valence electrons. The summed E-state index contributed by atoms with van der Waals surface area (Å²) >= 11 is 0.937. The van der Waals surface area contributed by atoms with Gasteiger partial charge in [0.1, 0.15) is 42.6 Å². The van der Waals surface area contributed by atoms with Gasteiger partial charge in [-0.05, 0) is 37.2 Å². The van der Waals surface area contributed by atoms with Gasteiger partial charge in [-0.1, -0.05) is 5.16 Å². The van der Waals surface area contributed by atoms with Crippen molar-refractivity contribution in [3.63, 3.8) is 0 Å². The fourth-order valence-corrected chi connectivity index (χ4v) is 6.11. The molecule has 1 aromatic carbocycles. The van der Waals surface area contributed by atoms with Crippen molar-refractivity contribution in [1.82, 2.24) is 40.0 Å². The first-order valence-electron chi connectivity index (χ1n) is 13.8.